The summed E-state index contributed by atoms with van der Waals surface area (Å²) in [5.41, 5.74) is 7.06. The molecule has 1 amide bonds. The molecule has 0 bridgehead atoms. The van der Waals surface area contributed by atoms with Gasteiger partial charge in [0.05, 0.1) is 6.61 Å². The molecule has 0 spiro atoms. The number of amides is 1. The van der Waals surface area contributed by atoms with E-state index in [1.165, 1.54) is 0 Å². The molecular weight excluding hydrogens is 188 g/mol. The molecule has 0 aliphatic rings. The number of ether oxygens (including phenoxy) is 1. The van der Waals surface area contributed by atoms with Crippen LogP contribution < -0.4 is 11.2 Å². The van der Waals surface area contributed by atoms with Gasteiger partial charge < -0.3 is 10.5 Å². The molecule has 0 unspecified atom stereocenters. The highest BCUT2D eigenvalue weighted by Crippen LogP contribution is 1.87. The molecule has 0 saturated carbocycles. The second-order valence-corrected chi connectivity index (χ2v) is 2.65. The molecule has 0 rings (SSSR count). The highest BCUT2D eigenvalue weighted by molar-refractivity contribution is 5.75. The zero-order valence-corrected chi connectivity index (χ0v) is 8.25. The second kappa shape index (κ2) is 8.46. The highest BCUT2D eigenvalue weighted by Gasteiger charge is 2.01. The van der Waals surface area contributed by atoms with Gasteiger partial charge in [-0.2, -0.15) is 5.48 Å². The van der Waals surface area contributed by atoms with Crippen molar-refractivity contribution in [2.45, 2.75) is 19.8 Å². The van der Waals surface area contributed by atoms with Crippen LogP contribution in [0.3, 0.4) is 0 Å². The summed E-state index contributed by atoms with van der Waals surface area (Å²) >= 11 is 0. The largest absolute Gasteiger partial charge is 0.465 e. The van der Waals surface area contributed by atoms with Crippen LogP contribution in [0.5, 0.6) is 0 Å². The van der Waals surface area contributed by atoms with E-state index >= 15 is 0 Å². The van der Waals surface area contributed by atoms with Crippen LogP contribution in [0.1, 0.15) is 19.8 Å². The Morgan fingerprint density at radius 3 is 2.71 bits per heavy atom. The Bertz CT molecular complexity index is 184. The van der Waals surface area contributed by atoms with Gasteiger partial charge >= 0.3 is 5.97 Å². The first-order valence-electron chi connectivity index (χ1n) is 4.45. The molecule has 0 fully saturated rings. The fourth-order valence-electron chi connectivity index (χ4n) is 0.613. The SMILES string of the molecule is CCCCOC(=O)CNOCC(N)=O. The Hall–Kier alpha value is -1.14. The number of nitrogens with two attached hydrogens (primary N) is 1. The van der Waals surface area contributed by atoms with E-state index in [0.29, 0.717) is 6.61 Å². The van der Waals surface area contributed by atoms with Crippen molar-refractivity contribution in [3.63, 3.8) is 0 Å². The zero-order valence-electron chi connectivity index (χ0n) is 8.25. The van der Waals surface area contributed by atoms with E-state index in [9.17, 15) is 9.59 Å². The molecule has 0 aromatic heterocycles. The smallest absolute Gasteiger partial charge is 0.322 e. The summed E-state index contributed by atoms with van der Waals surface area (Å²) in [6, 6.07) is 0. The van der Waals surface area contributed by atoms with E-state index in [1.54, 1.807) is 0 Å². The average molecular weight is 204 g/mol. The van der Waals surface area contributed by atoms with Gasteiger partial charge in [-0.1, -0.05) is 13.3 Å². The maximum atomic E-state index is 10.9. The lowest BCUT2D eigenvalue weighted by molar-refractivity contribution is -0.146. The topological polar surface area (TPSA) is 90.7 Å². The molecule has 0 aliphatic carbocycles. The monoisotopic (exact) mass is 204 g/mol. The predicted molar refractivity (Wildman–Crippen MR) is 49.0 cm³/mol. The summed E-state index contributed by atoms with van der Waals surface area (Å²) in [5.74, 6) is -1.01. The van der Waals surface area contributed by atoms with Gasteiger partial charge in [0.2, 0.25) is 5.91 Å². The van der Waals surface area contributed by atoms with Gasteiger partial charge in [-0.05, 0) is 6.42 Å². The van der Waals surface area contributed by atoms with E-state index in [1.807, 2.05) is 6.92 Å². The molecule has 14 heavy (non-hydrogen) atoms. The Morgan fingerprint density at radius 2 is 2.14 bits per heavy atom. The number of esters is 1. The fourth-order valence-corrected chi connectivity index (χ4v) is 0.613. The van der Waals surface area contributed by atoms with Crippen molar-refractivity contribution in [3.05, 3.63) is 0 Å². The first-order chi connectivity index (χ1) is 6.66. The third-order valence-electron chi connectivity index (χ3n) is 1.29. The molecule has 0 aromatic rings. The Kier molecular flexibility index (Phi) is 7.77. The number of rotatable bonds is 8. The maximum absolute atomic E-state index is 10.9. The third-order valence-corrected chi connectivity index (χ3v) is 1.29. The molecule has 0 radical (unpaired) electrons. The molecule has 6 nitrogen and oxygen atoms in total. The first-order valence-corrected chi connectivity index (χ1v) is 4.45. The number of carbonyl (C=O) groups excluding carboxylic acids is 2. The number of nitrogens with one attached hydrogen (secondary N) is 1. The maximum Gasteiger partial charge on any atom is 0.322 e. The van der Waals surface area contributed by atoms with Gasteiger partial charge in [0, 0.05) is 0 Å². The summed E-state index contributed by atoms with van der Waals surface area (Å²) in [4.78, 5) is 25.6. The number of unbranched alkanes of at least 4 members (excludes halogenated alkanes) is 1. The lowest BCUT2D eigenvalue weighted by Crippen LogP contribution is -2.29. The third kappa shape index (κ3) is 8.95. The van der Waals surface area contributed by atoms with Crippen molar-refractivity contribution in [2.24, 2.45) is 5.73 Å². The Morgan fingerprint density at radius 1 is 1.43 bits per heavy atom. The molecule has 0 heterocycles. The molecule has 0 aromatic carbocycles. The highest BCUT2D eigenvalue weighted by atomic mass is 16.6. The lowest BCUT2D eigenvalue weighted by Gasteiger charge is -2.04. The van der Waals surface area contributed by atoms with Crippen molar-refractivity contribution in [3.8, 4) is 0 Å². The van der Waals surface area contributed by atoms with Crippen LogP contribution in [-0.2, 0) is 19.2 Å². The van der Waals surface area contributed by atoms with Crippen LogP contribution in [0.25, 0.3) is 0 Å². The second-order valence-electron chi connectivity index (χ2n) is 2.65. The zero-order chi connectivity index (χ0) is 10.8. The molecule has 0 aliphatic heterocycles. The molecule has 0 saturated heterocycles. The van der Waals surface area contributed by atoms with Crippen molar-refractivity contribution in [2.75, 3.05) is 19.8 Å². The van der Waals surface area contributed by atoms with Crippen LogP contribution in [-0.4, -0.2) is 31.6 Å². The van der Waals surface area contributed by atoms with Crippen LogP contribution >= 0.6 is 0 Å². The quantitative estimate of drug-likeness (QED) is 0.311. The van der Waals surface area contributed by atoms with Gasteiger partial charge in [0.15, 0.2) is 0 Å². The van der Waals surface area contributed by atoms with E-state index in [4.69, 9.17) is 10.5 Å². The van der Waals surface area contributed by atoms with Gasteiger partial charge in [-0.15, -0.1) is 0 Å². The number of carbonyl (C=O) groups is 2. The fraction of sp³-hybridized carbons (Fsp3) is 0.750. The molecule has 6 heteroatoms. The van der Waals surface area contributed by atoms with Gasteiger partial charge in [-0.25, -0.2) is 0 Å². The van der Waals surface area contributed by atoms with Crippen LogP contribution in [0.2, 0.25) is 0 Å². The molecular formula is C8H16N2O4. The van der Waals surface area contributed by atoms with Crippen molar-refractivity contribution in [1.82, 2.24) is 5.48 Å². The van der Waals surface area contributed by atoms with Crippen molar-refractivity contribution >= 4 is 11.9 Å². The minimum Gasteiger partial charge on any atom is -0.465 e. The normalized spacial score (nSPS) is 9.79. The van der Waals surface area contributed by atoms with E-state index < -0.39 is 11.9 Å². The van der Waals surface area contributed by atoms with Crippen molar-refractivity contribution in [1.29, 1.82) is 0 Å². The molecule has 3 N–H and O–H groups in total. The van der Waals surface area contributed by atoms with Gasteiger partial charge in [0.1, 0.15) is 13.2 Å². The molecule has 82 valence electrons. The summed E-state index contributed by atoms with van der Waals surface area (Å²) in [6.07, 6.45) is 1.81. The minimum atomic E-state index is -0.600. The number of hydroxylamine groups is 1. The average Bonchev–Trinajstić information content (AvgIpc) is 2.13. The lowest BCUT2D eigenvalue weighted by atomic mass is 10.4. The summed E-state index contributed by atoms with van der Waals surface area (Å²) in [7, 11) is 0. The van der Waals surface area contributed by atoms with Gasteiger partial charge in [0.25, 0.3) is 0 Å². The number of hydrogen-bond donors (Lipinski definition) is 2. The molecule has 0 atom stereocenters. The summed E-state index contributed by atoms with van der Waals surface area (Å²) < 4.78 is 4.79. The van der Waals surface area contributed by atoms with Gasteiger partial charge in [-0.3, -0.25) is 14.4 Å². The number of hydrogen-bond acceptors (Lipinski definition) is 5. The van der Waals surface area contributed by atoms with Crippen LogP contribution in [0.4, 0.5) is 0 Å². The van der Waals surface area contributed by atoms with E-state index in [-0.39, 0.29) is 13.2 Å². The van der Waals surface area contributed by atoms with Crippen LogP contribution in [0, 0.1) is 0 Å². The summed E-state index contributed by atoms with van der Waals surface area (Å²) in [6.45, 7) is 2.06. The minimum absolute atomic E-state index is 0.0863. The van der Waals surface area contributed by atoms with E-state index in [2.05, 4.69) is 10.3 Å². The summed E-state index contributed by atoms with van der Waals surface area (Å²) in [5, 5.41) is 0. The standard InChI is InChI=1S/C8H16N2O4/c1-2-3-4-13-8(12)5-10-14-6-7(9)11/h10H,2-6H2,1H3,(H2,9,11). The number of primary amides is 1. The Balaban J connectivity index is 3.22. The first kappa shape index (κ1) is 12.9. The van der Waals surface area contributed by atoms with Crippen LogP contribution in [0.15, 0.2) is 0 Å². The Labute approximate surface area is 82.7 Å². The predicted octanol–water partition coefficient (Wildman–Crippen LogP) is -0.664. The van der Waals surface area contributed by atoms with E-state index in [0.717, 1.165) is 12.8 Å². The van der Waals surface area contributed by atoms with Crippen molar-refractivity contribution < 1.29 is 19.2 Å².